The zero-order valence-corrected chi connectivity index (χ0v) is 10.9. The van der Waals surface area contributed by atoms with Gasteiger partial charge < -0.3 is 9.84 Å². The monoisotopic (exact) mass is 272 g/mol. The SMILES string of the molecule is O=C(O)Cc1ccccc1.O=COCc1ccccc1. The number of carbonyl (C=O) groups excluding carboxylic acids is 1. The molecule has 4 heteroatoms. The molecule has 4 nitrogen and oxygen atoms in total. The number of carboxylic acid groups (broad SMARTS) is 1. The summed E-state index contributed by atoms with van der Waals surface area (Å²) < 4.78 is 4.54. The first-order valence-electron chi connectivity index (χ1n) is 6.07. The Hall–Kier alpha value is -2.62. The number of carbonyl (C=O) groups is 2. The first kappa shape index (κ1) is 15.4. The second-order valence-electron chi connectivity index (χ2n) is 3.95. The van der Waals surface area contributed by atoms with E-state index < -0.39 is 5.97 Å². The van der Waals surface area contributed by atoms with Gasteiger partial charge in [-0.3, -0.25) is 9.59 Å². The van der Waals surface area contributed by atoms with Crippen LogP contribution in [0.25, 0.3) is 0 Å². The van der Waals surface area contributed by atoms with Crippen LogP contribution in [0, 0.1) is 0 Å². The lowest BCUT2D eigenvalue weighted by atomic mass is 10.2. The Balaban J connectivity index is 0.000000200. The van der Waals surface area contributed by atoms with Crippen LogP contribution in [-0.2, 0) is 27.4 Å². The van der Waals surface area contributed by atoms with Crippen molar-refractivity contribution in [3.8, 4) is 0 Å². The molecule has 0 amide bonds. The van der Waals surface area contributed by atoms with Crippen molar-refractivity contribution >= 4 is 12.4 Å². The molecule has 0 unspecified atom stereocenters. The van der Waals surface area contributed by atoms with Gasteiger partial charge in [-0.05, 0) is 11.1 Å². The summed E-state index contributed by atoms with van der Waals surface area (Å²) >= 11 is 0. The molecule has 0 bridgehead atoms. The number of carboxylic acids is 1. The zero-order chi connectivity index (χ0) is 14.6. The second kappa shape index (κ2) is 9.33. The highest BCUT2D eigenvalue weighted by molar-refractivity contribution is 5.70. The minimum Gasteiger partial charge on any atom is -0.481 e. The Bertz CT molecular complexity index is 509. The van der Waals surface area contributed by atoms with Crippen LogP contribution in [0.1, 0.15) is 11.1 Å². The van der Waals surface area contributed by atoms with E-state index in [9.17, 15) is 9.59 Å². The maximum atomic E-state index is 10.2. The van der Waals surface area contributed by atoms with E-state index in [1.54, 1.807) is 12.1 Å². The molecule has 20 heavy (non-hydrogen) atoms. The molecular weight excluding hydrogens is 256 g/mol. The van der Waals surface area contributed by atoms with Crippen LogP contribution in [0.15, 0.2) is 60.7 Å². The van der Waals surface area contributed by atoms with E-state index in [0.29, 0.717) is 13.1 Å². The average molecular weight is 272 g/mol. The van der Waals surface area contributed by atoms with E-state index in [-0.39, 0.29) is 6.42 Å². The fourth-order valence-electron chi connectivity index (χ4n) is 1.47. The number of hydrogen-bond donors (Lipinski definition) is 1. The van der Waals surface area contributed by atoms with Gasteiger partial charge in [0.1, 0.15) is 6.61 Å². The Kier molecular flexibility index (Phi) is 7.20. The minimum absolute atomic E-state index is 0.112. The lowest BCUT2D eigenvalue weighted by Crippen LogP contribution is -1.98. The van der Waals surface area contributed by atoms with Gasteiger partial charge in [-0.25, -0.2) is 0 Å². The van der Waals surface area contributed by atoms with Crippen molar-refractivity contribution < 1.29 is 19.4 Å². The maximum Gasteiger partial charge on any atom is 0.307 e. The fourth-order valence-corrected chi connectivity index (χ4v) is 1.47. The lowest BCUT2D eigenvalue weighted by Gasteiger charge is -1.95. The van der Waals surface area contributed by atoms with Crippen molar-refractivity contribution in [2.75, 3.05) is 0 Å². The molecule has 104 valence electrons. The second-order valence-corrected chi connectivity index (χ2v) is 3.95. The first-order chi connectivity index (χ1) is 9.72. The van der Waals surface area contributed by atoms with Crippen LogP contribution in [0.2, 0.25) is 0 Å². The summed E-state index contributed by atoms with van der Waals surface area (Å²) in [7, 11) is 0. The van der Waals surface area contributed by atoms with E-state index >= 15 is 0 Å². The largest absolute Gasteiger partial charge is 0.481 e. The summed E-state index contributed by atoms with van der Waals surface area (Å²) in [5, 5.41) is 8.37. The number of hydrogen-bond acceptors (Lipinski definition) is 3. The molecule has 0 spiro atoms. The van der Waals surface area contributed by atoms with E-state index in [2.05, 4.69) is 4.74 Å². The van der Waals surface area contributed by atoms with Crippen molar-refractivity contribution in [3.05, 3.63) is 71.8 Å². The molecule has 0 aliphatic rings. The van der Waals surface area contributed by atoms with Crippen LogP contribution in [0.4, 0.5) is 0 Å². The molecule has 0 heterocycles. The van der Waals surface area contributed by atoms with Gasteiger partial charge in [-0.15, -0.1) is 0 Å². The molecule has 0 aliphatic carbocycles. The average Bonchev–Trinajstić information content (AvgIpc) is 2.47. The van der Waals surface area contributed by atoms with Gasteiger partial charge in [0.25, 0.3) is 6.47 Å². The summed E-state index contributed by atoms with van der Waals surface area (Å²) in [6.07, 6.45) is 0.112. The van der Waals surface area contributed by atoms with Gasteiger partial charge in [0.2, 0.25) is 0 Å². The molecule has 2 rings (SSSR count). The minimum atomic E-state index is -0.786. The third-order valence-electron chi connectivity index (χ3n) is 2.36. The van der Waals surface area contributed by atoms with E-state index in [1.807, 2.05) is 48.5 Å². The quantitative estimate of drug-likeness (QED) is 0.850. The fraction of sp³-hybridized carbons (Fsp3) is 0.125. The van der Waals surface area contributed by atoms with Crippen LogP contribution < -0.4 is 0 Å². The Morgan fingerprint density at radius 2 is 1.45 bits per heavy atom. The van der Waals surface area contributed by atoms with E-state index in [0.717, 1.165) is 11.1 Å². The number of aliphatic carboxylic acids is 1. The van der Waals surface area contributed by atoms with Gasteiger partial charge in [0.05, 0.1) is 6.42 Å². The van der Waals surface area contributed by atoms with Crippen molar-refractivity contribution in [2.24, 2.45) is 0 Å². The van der Waals surface area contributed by atoms with Gasteiger partial charge in [-0.1, -0.05) is 60.7 Å². The van der Waals surface area contributed by atoms with Gasteiger partial charge in [-0.2, -0.15) is 0 Å². The lowest BCUT2D eigenvalue weighted by molar-refractivity contribution is -0.136. The molecule has 0 fully saturated rings. The molecule has 0 radical (unpaired) electrons. The van der Waals surface area contributed by atoms with Crippen LogP contribution >= 0.6 is 0 Å². The molecule has 0 saturated heterocycles. The standard InChI is InChI=1S/2C8H8O2/c9-7-10-6-8-4-2-1-3-5-8;9-8(10)6-7-4-2-1-3-5-7/h1-5,7H,6H2;1-5H,6H2,(H,9,10). The van der Waals surface area contributed by atoms with Gasteiger partial charge in [0.15, 0.2) is 0 Å². The highest BCUT2D eigenvalue weighted by atomic mass is 16.5. The summed E-state index contributed by atoms with van der Waals surface area (Å²) in [5.41, 5.74) is 1.85. The van der Waals surface area contributed by atoms with Crippen molar-refractivity contribution in [2.45, 2.75) is 13.0 Å². The smallest absolute Gasteiger partial charge is 0.307 e. The molecule has 0 aromatic heterocycles. The number of rotatable bonds is 5. The molecule has 2 aromatic carbocycles. The van der Waals surface area contributed by atoms with Gasteiger partial charge in [0, 0.05) is 0 Å². The summed E-state index contributed by atoms with van der Waals surface area (Å²) in [6, 6.07) is 18.7. The maximum absolute atomic E-state index is 10.2. The topological polar surface area (TPSA) is 63.6 Å². The Morgan fingerprint density at radius 3 is 1.90 bits per heavy atom. The van der Waals surface area contributed by atoms with Crippen molar-refractivity contribution in [1.82, 2.24) is 0 Å². The first-order valence-corrected chi connectivity index (χ1v) is 6.07. The molecule has 0 atom stereocenters. The molecule has 2 aromatic rings. The predicted molar refractivity (Wildman–Crippen MR) is 75.1 cm³/mol. The van der Waals surface area contributed by atoms with E-state index in [1.165, 1.54) is 0 Å². The van der Waals surface area contributed by atoms with E-state index in [4.69, 9.17) is 5.11 Å². The van der Waals surface area contributed by atoms with Crippen LogP contribution in [0.5, 0.6) is 0 Å². The third-order valence-corrected chi connectivity index (χ3v) is 2.36. The highest BCUT2D eigenvalue weighted by Gasteiger charge is 1.96. The molecule has 0 saturated carbocycles. The highest BCUT2D eigenvalue weighted by Crippen LogP contribution is 1.99. The van der Waals surface area contributed by atoms with Crippen LogP contribution in [-0.4, -0.2) is 17.5 Å². The molecular formula is C16H16O4. The summed E-state index contributed by atoms with van der Waals surface area (Å²) in [4.78, 5) is 19.9. The number of benzene rings is 2. The van der Waals surface area contributed by atoms with Gasteiger partial charge >= 0.3 is 5.97 Å². The zero-order valence-electron chi connectivity index (χ0n) is 10.9. The third kappa shape index (κ3) is 6.96. The normalized spacial score (nSPS) is 9.00. The molecule has 0 aliphatic heterocycles. The Morgan fingerprint density at radius 1 is 0.950 bits per heavy atom. The van der Waals surface area contributed by atoms with Crippen molar-refractivity contribution in [1.29, 1.82) is 0 Å². The van der Waals surface area contributed by atoms with Crippen LogP contribution in [0.3, 0.4) is 0 Å². The Labute approximate surface area is 117 Å². The summed E-state index contributed by atoms with van der Waals surface area (Å²) in [6.45, 7) is 0.817. The van der Waals surface area contributed by atoms with Crippen molar-refractivity contribution in [3.63, 3.8) is 0 Å². The molecule has 1 N–H and O–H groups in total. The summed E-state index contributed by atoms with van der Waals surface area (Å²) in [5.74, 6) is -0.786. The predicted octanol–water partition coefficient (Wildman–Crippen LogP) is 2.67. The number of ether oxygens (including phenoxy) is 1.